The SMILES string of the molecule is CC(=C[C@@H](C)[C@@H](C[C@@H](C)O[Si](C)(C)C(C)(C)C)O[Si](C)(C)C(C)(C)C)C[C@H](C)[C@H]1CC=CC[C@H](C)[C@@H](O)CCCC(=O)O1. The maximum absolute atomic E-state index is 12.7. The monoisotopic (exact) mass is 638 g/mol. The summed E-state index contributed by atoms with van der Waals surface area (Å²) in [4.78, 5) is 12.7. The fourth-order valence-electron chi connectivity index (χ4n) is 5.31. The molecule has 0 saturated carbocycles. The van der Waals surface area contributed by atoms with Crippen molar-refractivity contribution in [1.82, 2.24) is 0 Å². The van der Waals surface area contributed by atoms with Crippen molar-refractivity contribution in [2.75, 3.05) is 0 Å². The fourth-order valence-corrected chi connectivity index (χ4v) is 8.18. The standard InChI is InChI=1S/C36H70O5Si2/c1-26(23-28(3)32-21-17-16-19-27(2)31(37)20-18-22-34(38)39-32)24-29(4)33(41-43(14,15)36(9,10)11)25-30(5)40-42(12,13)35(6,7)8/h16-17,24,27-33,37H,18-23,25H2,1-15H3/t27-,28-,29+,30+,31-,32+,33+/m0/s1. The second-order valence-corrected chi connectivity index (χ2v) is 26.3. The number of aliphatic hydroxyl groups excluding tert-OH is 1. The normalized spacial score (nSPS) is 25.3. The molecule has 0 aromatic carbocycles. The lowest BCUT2D eigenvalue weighted by molar-refractivity contribution is -0.151. The molecule has 0 fully saturated rings. The van der Waals surface area contributed by atoms with Crippen LogP contribution in [0.4, 0.5) is 0 Å². The molecule has 0 aromatic heterocycles. The Kier molecular flexibility index (Phi) is 15.7. The van der Waals surface area contributed by atoms with Gasteiger partial charge >= 0.3 is 5.97 Å². The van der Waals surface area contributed by atoms with Crippen molar-refractivity contribution in [1.29, 1.82) is 0 Å². The lowest BCUT2D eigenvalue weighted by atomic mass is 9.90. The molecule has 1 heterocycles. The number of hydrogen-bond donors (Lipinski definition) is 1. The molecule has 1 aliphatic rings. The summed E-state index contributed by atoms with van der Waals surface area (Å²) in [6.45, 7) is 34.2. The third kappa shape index (κ3) is 13.7. The Hall–Kier alpha value is -0.736. The van der Waals surface area contributed by atoms with Gasteiger partial charge in [0.2, 0.25) is 0 Å². The Balaban J connectivity index is 3.12. The van der Waals surface area contributed by atoms with Crippen LogP contribution in [0.1, 0.15) is 121 Å². The molecule has 0 saturated heterocycles. The molecule has 0 aromatic rings. The van der Waals surface area contributed by atoms with Crippen molar-refractivity contribution in [3.8, 4) is 0 Å². The topological polar surface area (TPSA) is 65.0 Å². The van der Waals surface area contributed by atoms with Crippen LogP contribution in [0.5, 0.6) is 0 Å². The van der Waals surface area contributed by atoms with E-state index in [1.807, 2.05) is 0 Å². The van der Waals surface area contributed by atoms with Crippen molar-refractivity contribution >= 4 is 22.6 Å². The lowest BCUT2D eigenvalue weighted by Gasteiger charge is -2.43. The van der Waals surface area contributed by atoms with Gasteiger partial charge in [-0.05, 0) is 100.0 Å². The van der Waals surface area contributed by atoms with Crippen molar-refractivity contribution in [2.45, 2.75) is 182 Å². The number of esters is 1. The molecule has 0 aliphatic carbocycles. The fraction of sp³-hybridized carbons (Fsp3) is 0.861. The predicted octanol–water partition coefficient (Wildman–Crippen LogP) is 10.2. The van der Waals surface area contributed by atoms with Gasteiger partial charge in [0, 0.05) is 18.9 Å². The molecular formula is C36H70O5Si2. The van der Waals surface area contributed by atoms with E-state index in [4.69, 9.17) is 13.6 Å². The smallest absolute Gasteiger partial charge is 0.306 e. The van der Waals surface area contributed by atoms with Gasteiger partial charge in [-0.1, -0.05) is 86.1 Å². The Morgan fingerprint density at radius 3 is 2.09 bits per heavy atom. The van der Waals surface area contributed by atoms with E-state index in [9.17, 15) is 9.90 Å². The van der Waals surface area contributed by atoms with E-state index in [0.717, 1.165) is 19.3 Å². The molecule has 0 bridgehead atoms. The minimum atomic E-state index is -2.00. The third-order valence-electron chi connectivity index (χ3n) is 10.4. The highest BCUT2D eigenvalue weighted by Gasteiger charge is 2.42. The number of ether oxygens (including phenoxy) is 1. The highest BCUT2D eigenvalue weighted by atomic mass is 28.4. The van der Waals surface area contributed by atoms with Crippen molar-refractivity contribution in [3.63, 3.8) is 0 Å². The van der Waals surface area contributed by atoms with Crippen LogP contribution in [0, 0.1) is 17.8 Å². The summed E-state index contributed by atoms with van der Waals surface area (Å²) in [6.07, 6.45) is 11.3. The van der Waals surface area contributed by atoms with E-state index in [0.29, 0.717) is 25.7 Å². The average molecular weight is 639 g/mol. The van der Waals surface area contributed by atoms with Gasteiger partial charge in [-0.15, -0.1) is 0 Å². The van der Waals surface area contributed by atoms with E-state index < -0.39 is 16.6 Å². The zero-order valence-corrected chi connectivity index (χ0v) is 32.8. The number of hydrogen-bond acceptors (Lipinski definition) is 5. The minimum Gasteiger partial charge on any atom is -0.462 e. The van der Waals surface area contributed by atoms with Crippen LogP contribution in [0.25, 0.3) is 0 Å². The Morgan fingerprint density at radius 2 is 1.53 bits per heavy atom. The van der Waals surface area contributed by atoms with Crippen LogP contribution in [0.3, 0.4) is 0 Å². The molecule has 7 heteroatoms. The molecule has 7 atom stereocenters. The van der Waals surface area contributed by atoms with Gasteiger partial charge < -0.3 is 18.7 Å². The summed E-state index contributed by atoms with van der Waals surface area (Å²) in [6, 6.07) is 0. The summed E-state index contributed by atoms with van der Waals surface area (Å²) in [5.41, 5.74) is 1.31. The highest BCUT2D eigenvalue weighted by Crippen LogP contribution is 2.41. The van der Waals surface area contributed by atoms with Crippen molar-refractivity contribution < 1.29 is 23.5 Å². The van der Waals surface area contributed by atoms with Crippen LogP contribution in [0.2, 0.25) is 36.3 Å². The number of allylic oxidation sites excluding steroid dienone is 2. The predicted molar refractivity (Wildman–Crippen MR) is 188 cm³/mol. The largest absolute Gasteiger partial charge is 0.462 e. The van der Waals surface area contributed by atoms with Gasteiger partial charge in [0.25, 0.3) is 0 Å². The van der Waals surface area contributed by atoms with Gasteiger partial charge in [0.1, 0.15) is 6.10 Å². The zero-order valence-electron chi connectivity index (χ0n) is 30.8. The second kappa shape index (κ2) is 16.7. The molecule has 43 heavy (non-hydrogen) atoms. The van der Waals surface area contributed by atoms with Crippen LogP contribution < -0.4 is 0 Å². The number of aliphatic hydroxyl groups is 1. The maximum Gasteiger partial charge on any atom is 0.306 e. The summed E-state index contributed by atoms with van der Waals surface area (Å²) in [5, 5.41) is 10.6. The molecule has 1 rings (SSSR count). The van der Waals surface area contributed by atoms with Gasteiger partial charge in [0.05, 0.1) is 12.2 Å². The van der Waals surface area contributed by atoms with E-state index in [1.54, 1.807) is 0 Å². The van der Waals surface area contributed by atoms with Crippen LogP contribution in [-0.2, 0) is 18.4 Å². The summed E-state index contributed by atoms with van der Waals surface area (Å²) < 4.78 is 19.9. The first kappa shape index (κ1) is 40.3. The lowest BCUT2D eigenvalue weighted by Crippen LogP contribution is -2.48. The van der Waals surface area contributed by atoms with E-state index in [2.05, 4.69) is 121 Å². The molecule has 5 nitrogen and oxygen atoms in total. The number of cyclic esters (lactones) is 1. The van der Waals surface area contributed by atoms with Gasteiger partial charge in [0.15, 0.2) is 16.6 Å². The molecule has 0 amide bonds. The van der Waals surface area contributed by atoms with Gasteiger partial charge in [-0.2, -0.15) is 0 Å². The van der Waals surface area contributed by atoms with Gasteiger partial charge in [-0.3, -0.25) is 4.79 Å². The van der Waals surface area contributed by atoms with Crippen LogP contribution in [-0.4, -0.2) is 52.1 Å². The van der Waals surface area contributed by atoms with Crippen LogP contribution in [0.15, 0.2) is 23.8 Å². The Bertz CT molecular complexity index is 912. The Morgan fingerprint density at radius 1 is 1.00 bits per heavy atom. The quantitative estimate of drug-likeness (QED) is 0.139. The number of carbonyl (C=O) groups is 1. The van der Waals surface area contributed by atoms with E-state index in [1.165, 1.54) is 5.57 Å². The summed E-state index contributed by atoms with van der Waals surface area (Å²) >= 11 is 0. The third-order valence-corrected chi connectivity index (χ3v) is 19.5. The minimum absolute atomic E-state index is 0.0744. The molecule has 252 valence electrons. The Labute approximate surface area is 268 Å². The average Bonchev–Trinajstić information content (AvgIpc) is 2.82. The molecule has 0 unspecified atom stereocenters. The zero-order chi connectivity index (χ0) is 33.4. The molecule has 1 N–H and O–H groups in total. The number of carbonyl (C=O) groups excluding carboxylic acids is 1. The first-order valence-electron chi connectivity index (χ1n) is 17.0. The molecular weight excluding hydrogens is 569 g/mol. The van der Waals surface area contributed by atoms with Crippen molar-refractivity contribution in [2.24, 2.45) is 17.8 Å². The van der Waals surface area contributed by atoms with Crippen LogP contribution >= 0.6 is 0 Å². The summed E-state index contributed by atoms with van der Waals surface area (Å²) in [5.74, 6) is 0.479. The van der Waals surface area contributed by atoms with E-state index >= 15 is 0 Å². The summed E-state index contributed by atoms with van der Waals surface area (Å²) in [7, 11) is -3.89. The molecule has 1 aliphatic heterocycles. The maximum atomic E-state index is 12.7. The number of rotatable bonds is 11. The highest BCUT2D eigenvalue weighted by molar-refractivity contribution is 6.74. The molecule has 0 spiro atoms. The second-order valence-electron chi connectivity index (χ2n) is 16.8. The van der Waals surface area contributed by atoms with Gasteiger partial charge in [-0.25, -0.2) is 0 Å². The first-order valence-corrected chi connectivity index (χ1v) is 22.8. The molecule has 0 radical (unpaired) electrons. The first-order chi connectivity index (χ1) is 19.5. The van der Waals surface area contributed by atoms with Crippen molar-refractivity contribution in [3.05, 3.63) is 23.8 Å². The van der Waals surface area contributed by atoms with E-state index in [-0.39, 0.29) is 58.2 Å².